The van der Waals surface area contributed by atoms with Gasteiger partial charge in [0.15, 0.2) is 0 Å². The molecule has 0 saturated carbocycles. The molecule has 0 aliphatic heterocycles. The van der Waals surface area contributed by atoms with Crippen LogP contribution in [0.1, 0.15) is 5.82 Å². The van der Waals surface area contributed by atoms with Gasteiger partial charge in [0.05, 0.1) is 16.3 Å². The summed E-state index contributed by atoms with van der Waals surface area (Å²) in [6.07, 6.45) is 2.07. The fraction of sp³-hybridized carbons (Fsp3) is 0.333. The molecular formula is C12H18N6O2S. The molecule has 1 heterocycles. The number of aromatic amines is 1. The highest BCUT2D eigenvalue weighted by Crippen LogP contribution is 2.24. The van der Waals surface area contributed by atoms with E-state index >= 15 is 0 Å². The van der Waals surface area contributed by atoms with Crippen LogP contribution in [0.4, 0.5) is 11.4 Å². The van der Waals surface area contributed by atoms with Crippen LogP contribution in [0.2, 0.25) is 0 Å². The zero-order valence-electron chi connectivity index (χ0n) is 11.9. The summed E-state index contributed by atoms with van der Waals surface area (Å²) < 4.78 is 25.3. The molecule has 0 amide bonds. The number of aromatic nitrogens is 3. The Morgan fingerprint density at radius 2 is 2.14 bits per heavy atom. The van der Waals surface area contributed by atoms with E-state index in [1.54, 1.807) is 6.07 Å². The van der Waals surface area contributed by atoms with Crippen molar-refractivity contribution in [1.29, 1.82) is 0 Å². The van der Waals surface area contributed by atoms with Crippen LogP contribution in [-0.2, 0) is 16.4 Å². The molecule has 2 aromatic rings. The van der Waals surface area contributed by atoms with Crippen LogP contribution < -0.4 is 11.1 Å². The predicted octanol–water partition coefficient (Wildman–Crippen LogP) is 0.292. The van der Waals surface area contributed by atoms with Crippen molar-refractivity contribution in [3.05, 3.63) is 30.4 Å². The predicted molar refractivity (Wildman–Crippen MR) is 80.3 cm³/mol. The first-order valence-corrected chi connectivity index (χ1v) is 7.75. The fourth-order valence-electron chi connectivity index (χ4n) is 1.73. The van der Waals surface area contributed by atoms with Gasteiger partial charge in [-0.25, -0.2) is 17.7 Å². The lowest BCUT2D eigenvalue weighted by molar-refractivity contribution is 0.521. The molecule has 0 radical (unpaired) electrons. The van der Waals surface area contributed by atoms with Crippen molar-refractivity contribution < 1.29 is 8.42 Å². The lowest BCUT2D eigenvalue weighted by atomic mass is 10.2. The van der Waals surface area contributed by atoms with Crippen LogP contribution in [0.5, 0.6) is 0 Å². The molecule has 1 aromatic carbocycles. The second-order valence-electron chi connectivity index (χ2n) is 4.65. The number of H-pyrrole nitrogens is 1. The molecule has 0 spiro atoms. The molecule has 0 aliphatic carbocycles. The van der Waals surface area contributed by atoms with E-state index in [0.29, 0.717) is 24.3 Å². The lowest BCUT2D eigenvalue weighted by Crippen LogP contribution is -2.22. The summed E-state index contributed by atoms with van der Waals surface area (Å²) in [5.74, 6) is 0.748. The zero-order chi connectivity index (χ0) is 15.5. The molecule has 0 bridgehead atoms. The summed E-state index contributed by atoms with van der Waals surface area (Å²) in [7, 11) is -0.498. The molecule has 4 N–H and O–H groups in total. The molecule has 9 heteroatoms. The van der Waals surface area contributed by atoms with Crippen LogP contribution in [0.25, 0.3) is 0 Å². The average molecular weight is 310 g/mol. The van der Waals surface area contributed by atoms with Crippen molar-refractivity contribution in [1.82, 2.24) is 19.5 Å². The maximum Gasteiger partial charge on any atom is 0.242 e. The quantitative estimate of drug-likeness (QED) is 0.660. The topological polar surface area (TPSA) is 117 Å². The van der Waals surface area contributed by atoms with E-state index in [0.717, 1.165) is 10.1 Å². The number of benzene rings is 1. The molecule has 2 rings (SSSR count). The van der Waals surface area contributed by atoms with Gasteiger partial charge in [0.25, 0.3) is 0 Å². The van der Waals surface area contributed by atoms with Crippen LogP contribution in [0.15, 0.2) is 29.4 Å². The number of nitrogens with two attached hydrogens (primary N) is 1. The lowest BCUT2D eigenvalue weighted by Gasteiger charge is -2.14. The van der Waals surface area contributed by atoms with E-state index in [1.165, 1.54) is 32.6 Å². The number of sulfonamides is 1. The van der Waals surface area contributed by atoms with Gasteiger partial charge < -0.3 is 11.1 Å². The van der Waals surface area contributed by atoms with E-state index < -0.39 is 10.0 Å². The van der Waals surface area contributed by atoms with Crippen molar-refractivity contribution in [2.45, 2.75) is 11.3 Å². The van der Waals surface area contributed by atoms with E-state index in [2.05, 4.69) is 20.5 Å². The van der Waals surface area contributed by atoms with Gasteiger partial charge in [0.1, 0.15) is 12.2 Å². The second-order valence-corrected chi connectivity index (χ2v) is 6.80. The molecular weight excluding hydrogens is 292 g/mol. The molecule has 0 saturated heterocycles. The van der Waals surface area contributed by atoms with Gasteiger partial charge in [-0.15, -0.1) is 0 Å². The first kappa shape index (κ1) is 15.3. The van der Waals surface area contributed by atoms with Crippen molar-refractivity contribution in [3.8, 4) is 0 Å². The van der Waals surface area contributed by atoms with Gasteiger partial charge in [0, 0.05) is 27.1 Å². The van der Waals surface area contributed by atoms with Gasteiger partial charge in [-0.2, -0.15) is 5.10 Å². The highest BCUT2D eigenvalue weighted by molar-refractivity contribution is 7.89. The minimum Gasteiger partial charge on any atom is -0.397 e. The Morgan fingerprint density at radius 1 is 1.38 bits per heavy atom. The number of hydrogen-bond donors (Lipinski definition) is 3. The number of nitrogen functional groups attached to an aromatic ring is 1. The van der Waals surface area contributed by atoms with Gasteiger partial charge in [-0.1, -0.05) is 0 Å². The third-order valence-electron chi connectivity index (χ3n) is 2.95. The van der Waals surface area contributed by atoms with Gasteiger partial charge in [0.2, 0.25) is 10.0 Å². The van der Waals surface area contributed by atoms with E-state index in [9.17, 15) is 8.42 Å². The van der Waals surface area contributed by atoms with E-state index in [4.69, 9.17) is 5.73 Å². The average Bonchev–Trinajstić information content (AvgIpc) is 2.93. The zero-order valence-corrected chi connectivity index (χ0v) is 12.7. The maximum atomic E-state index is 12.1. The van der Waals surface area contributed by atoms with Crippen LogP contribution in [-0.4, -0.2) is 48.5 Å². The highest BCUT2D eigenvalue weighted by atomic mass is 32.2. The van der Waals surface area contributed by atoms with Crippen LogP contribution in [0, 0.1) is 0 Å². The summed E-state index contributed by atoms with van der Waals surface area (Å²) in [4.78, 5) is 4.21. The maximum absolute atomic E-state index is 12.1. The van der Waals surface area contributed by atoms with Gasteiger partial charge >= 0.3 is 0 Å². The molecule has 114 valence electrons. The third-order valence-corrected chi connectivity index (χ3v) is 4.76. The molecule has 0 unspecified atom stereocenters. The Labute approximate surface area is 123 Å². The first-order valence-electron chi connectivity index (χ1n) is 6.31. The molecule has 1 aromatic heterocycles. The largest absolute Gasteiger partial charge is 0.397 e. The number of nitrogens with one attached hydrogen (secondary N) is 2. The van der Waals surface area contributed by atoms with Crippen LogP contribution in [0.3, 0.4) is 0 Å². The standard InChI is InChI=1S/C12H18N6O2S/c1-18(2)21(19,20)9-3-4-10(13)11(7-9)14-6-5-12-15-8-16-17-12/h3-4,7-8,14H,5-6,13H2,1-2H3,(H,15,16,17). The van der Waals surface area contributed by atoms with E-state index in [-0.39, 0.29) is 4.90 Å². The summed E-state index contributed by atoms with van der Waals surface area (Å²) >= 11 is 0. The number of anilines is 2. The molecule has 0 aliphatic rings. The van der Waals surface area contributed by atoms with E-state index in [1.807, 2.05) is 0 Å². The van der Waals surface area contributed by atoms with Crippen molar-refractivity contribution >= 4 is 21.4 Å². The number of rotatable bonds is 6. The summed E-state index contributed by atoms with van der Waals surface area (Å²) in [5, 5.41) is 9.62. The number of hydrogen-bond acceptors (Lipinski definition) is 6. The fourth-order valence-corrected chi connectivity index (χ4v) is 2.66. The van der Waals surface area contributed by atoms with Gasteiger partial charge in [-0.3, -0.25) is 5.10 Å². The first-order chi connectivity index (χ1) is 9.91. The molecule has 0 fully saturated rings. The Bertz CT molecular complexity index is 697. The van der Waals surface area contributed by atoms with Crippen molar-refractivity contribution in [2.75, 3.05) is 31.7 Å². The van der Waals surface area contributed by atoms with Crippen molar-refractivity contribution in [2.24, 2.45) is 0 Å². The molecule has 0 atom stereocenters. The number of nitrogens with zero attached hydrogens (tertiary/aromatic N) is 3. The Morgan fingerprint density at radius 3 is 2.76 bits per heavy atom. The third kappa shape index (κ3) is 3.50. The normalized spacial score (nSPS) is 11.8. The Balaban J connectivity index is 2.12. The summed E-state index contributed by atoms with van der Waals surface area (Å²) in [6, 6.07) is 4.60. The SMILES string of the molecule is CN(C)S(=O)(=O)c1ccc(N)c(NCCc2ncn[nH]2)c1. The Hall–Kier alpha value is -2.13. The second kappa shape index (κ2) is 6.10. The molecule has 8 nitrogen and oxygen atoms in total. The van der Waals surface area contributed by atoms with Gasteiger partial charge in [-0.05, 0) is 18.2 Å². The van der Waals surface area contributed by atoms with Crippen LogP contribution >= 0.6 is 0 Å². The minimum absolute atomic E-state index is 0.198. The smallest absolute Gasteiger partial charge is 0.242 e. The van der Waals surface area contributed by atoms with Crippen molar-refractivity contribution in [3.63, 3.8) is 0 Å². The Kier molecular flexibility index (Phi) is 4.43. The highest BCUT2D eigenvalue weighted by Gasteiger charge is 2.18. The summed E-state index contributed by atoms with van der Waals surface area (Å²) in [5.41, 5.74) is 6.93. The monoisotopic (exact) mass is 310 g/mol. The summed E-state index contributed by atoms with van der Waals surface area (Å²) in [6.45, 7) is 0.560. The molecule has 21 heavy (non-hydrogen) atoms. The minimum atomic E-state index is -3.48.